The van der Waals surface area contributed by atoms with Crippen LogP contribution in [0.2, 0.25) is 0 Å². The van der Waals surface area contributed by atoms with E-state index >= 15 is 0 Å². The number of amides is 1. The Morgan fingerprint density at radius 2 is 2.20 bits per heavy atom. The fraction of sp³-hybridized carbons (Fsp3) is 0.833. The number of hydrogen-bond acceptors (Lipinski definition) is 2. The summed E-state index contributed by atoms with van der Waals surface area (Å²) < 4.78 is 0. The van der Waals surface area contributed by atoms with E-state index < -0.39 is 5.92 Å². The van der Waals surface area contributed by atoms with Crippen LogP contribution in [0.4, 0.5) is 0 Å². The van der Waals surface area contributed by atoms with Crippen molar-refractivity contribution in [3.8, 4) is 6.07 Å². The lowest BCUT2D eigenvalue weighted by Gasteiger charge is -2.42. The standard InChI is InChI=1S/C12H20N2O/c1-3-6-10(9-13)11(15)14-12(4-2)7-5-8-12/h10H,3-8H2,1-2H3,(H,14,15). The first-order valence-corrected chi connectivity index (χ1v) is 5.89. The maximum atomic E-state index is 11.8. The number of carbonyl (C=O) groups is 1. The average Bonchev–Trinajstić information content (AvgIpc) is 2.19. The van der Waals surface area contributed by atoms with Crippen molar-refractivity contribution in [3.63, 3.8) is 0 Å². The van der Waals surface area contributed by atoms with E-state index in [1.165, 1.54) is 6.42 Å². The minimum Gasteiger partial charge on any atom is -0.350 e. The molecule has 0 bridgehead atoms. The van der Waals surface area contributed by atoms with E-state index in [9.17, 15) is 4.79 Å². The zero-order chi connectivity index (χ0) is 11.3. The molecule has 1 atom stereocenters. The number of rotatable bonds is 5. The molecule has 0 saturated heterocycles. The molecular weight excluding hydrogens is 188 g/mol. The second-order valence-corrected chi connectivity index (χ2v) is 4.45. The lowest BCUT2D eigenvalue weighted by molar-refractivity contribution is -0.126. The molecule has 0 aliphatic heterocycles. The fourth-order valence-corrected chi connectivity index (χ4v) is 2.06. The second-order valence-electron chi connectivity index (χ2n) is 4.45. The van der Waals surface area contributed by atoms with Gasteiger partial charge in [0.05, 0.1) is 6.07 Å². The normalized spacial score (nSPS) is 19.8. The fourth-order valence-electron chi connectivity index (χ4n) is 2.06. The van der Waals surface area contributed by atoms with E-state index in [2.05, 4.69) is 18.3 Å². The summed E-state index contributed by atoms with van der Waals surface area (Å²) >= 11 is 0. The van der Waals surface area contributed by atoms with Crippen molar-refractivity contribution in [1.82, 2.24) is 5.32 Å². The highest BCUT2D eigenvalue weighted by Crippen LogP contribution is 2.34. The number of carbonyl (C=O) groups excluding carboxylic acids is 1. The van der Waals surface area contributed by atoms with Gasteiger partial charge in [0.2, 0.25) is 5.91 Å². The van der Waals surface area contributed by atoms with Crippen molar-refractivity contribution >= 4 is 5.91 Å². The summed E-state index contributed by atoms with van der Waals surface area (Å²) in [6.45, 7) is 4.09. The van der Waals surface area contributed by atoms with Crippen LogP contribution >= 0.6 is 0 Å². The van der Waals surface area contributed by atoms with Gasteiger partial charge in [0.25, 0.3) is 0 Å². The van der Waals surface area contributed by atoms with Crippen LogP contribution in [0.25, 0.3) is 0 Å². The summed E-state index contributed by atoms with van der Waals surface area (Å²) in [6, 6.07) is 2.09. The Morgan fingerprint density at radius 1 is 1.53 bits per heavy atom. The molecule has 1 aliphatic rings. The molecule has 84 valence electrons. The third-order valence-corrected chi connectivity index (χ3v) is 3.43. The lowest BCUT2D eigenvalue weighted by atomic mass is 9.74. The predicted octanol–water partition coefficient (Wildman–Crippen LogP) is 2.38. The van der Waals surface area contributed by atoms with Crippen LogP contribution in [0.3, 0.4) is 0 Å². The van der Waals surface area contributed by atoms with Gasteiger partial charge in [-0.15, -0.1) is 0 Å². The van der Waals surface area contributed by atoms with Crippen LogP contribution < -0.4 is 5.32 Å². The molecule has 15 heavy (non-hydrogen) atoms. The molecule has 0 aromatic carbocycles. The Bertz CT molecular complexity index is 258. The second kappa shape index (κ2) is 5.16. The van der Waals surface area contributed by atoms with E-state index in [1.54, 1.807) is 0 Å². The molecule has 0 radical (unpaired) electrons. The van der Waals surface area contributed by atoms with Gasteiger partial charge in [-0.3, -0.25) is 4.79 Å². The highest BCUT2D eigenvalue weighted by molar-refractivity contribution is 5.81. The SMILES string of the molecule is CCCC(C#N)C(=O)NC1(CC)CCC1. The van der Waals surface area contributed by atoms with Crippen LogP contribution in [0, 0.1) is 17.2 Å². The van der Waals surface area contributed by atoms with Crippen molar-refractivity contribution in [1.29, 1.82) is 5.26 Å². The molecule has 1 unspecified atom stereocenters. The van der Waals surface area contributed by atoms with E-state index in [0.29, 0.717) is 6.42 Å². The van der Waals surface area contributed by atoms with Gasteiger partial charge >= 0.3 is 0 Å². The van der Waals surface area contributed by atoms with Gasteiger partial charge in [0.1, 0.15) is 5.92 Å². The van der Waals surface area contributed by atoms with E-state index in [-0.39, 0.29) is 11.4 Å². The topological polar surface area (TPSA) is 52.9 Å². The van der Waals surface area contributed by atoms with Crippen LogP contribution in [0.1, 0.15) is 52.4 Å². The zero-order valence-electron chi connectivity index (χ0n) is 9.68. The summed E-state index contributed by atoms with van der Waals surface area (Å²) in [6.07, 6.45) is 5.86. The molecule has 3 heteroatoms. The van der Waals surface area contributed by atoms with Gasteiger partial charge in [-0.25, -0.2) is 0 Å². The third kappa shape index (κ3) is 2.71. The first-order valence-electron chi connectivity index (χ1n) is 5.89. The average molecular weight is 208 g/mol. The Kier molecular flexibility index (Phi) is 4.14. The maximum absolute atomic E-state index is 11.8. The van der Waals surface area contributed by atoms with Crippen molar-refractivity contribution in [3.05, 3.63) is 0 Å². The highest BCUT2D eigenvalue weighted by Gasteiger charge is 2.37. The summed E-state index contributed by atoms with van der Waals surface area (Å²) in [5.74, 6) is -0.528. The minimum atomic E-state index is -0.459. The zero-order valence-corrected chi connectivity index (χ0v) is 9.68. The first kappa shape index (κ1) is 12.0. The molecule has 3 nitrogen and oxygen atoms in total. The van der Waals surface area contributed by atoms with E-state index in [4.69, 9.17) is 5.26 Å². The molecule has 1 fully saturated rings. The first-order chi connectivity index (χ1) is 7.17. The molecule has 0 aromatic rings. The monoisotopic (exact) mass is 208 g/mol. The number of nitrogens with one attached hydrogen (secondary N) is 1. The van der Waals surface area contributed by atoms with E-state index in [0.717, 1.165) is 25.7 Å². The molecule has 1 rings (SSSR count). The molecule has 0 heterocycles. The molecule has 1 saturated carbocycles. The van der Waals surface area contributed by atoms with Crippen molar-refractivity contribution in [2.45, 2.75) is 57.9 Å². The minimum absolute atomic E-state index is 0.0138. The van der Waals surface area contributed by atoms with Gasteiger partial charge in [-0.2, -0.15) is 5.26 Å². The predicted molar refractivity (Wildman–Crippen MR) is 59.0 cm³/mol. The van der Waals surface area contributed by atoms with Crippen LogP contribution in [0.15, 0.2) is 0 Å². The Morgan fingerprint density at radius 3 is 2.53 bits per heavy atom. The molecule has 1 aliphatic carbocycles. The summed E-state index contributed by atoms with van der Waals surface area (Å²) in [5.41, 5.74) is 0.0138. The summed E-state index contributed by atoms with van der Waals surface area (Å²) in [4.78, 5) is 11.8. The van der Waals surface area contributed by atoms with Crippen molar-refractivity contribution in [2.24, 2.45) is 5.92 Å². The largest absolute Gasteiger partial charge is 0.350 e. The Hall–Kier alpha value is -1.04. The van der Waals surface area contributed by atoms with Crippen LogP contribution in [0.5, 0.6) is 0 Å². The van der Waals surface area contributed by atoms with Gasteiger partial charge in [-0.1, -0.05) is 20.3 Å². The smallest absolute Gasteiger partial charge is 0.237 e. The van der Waals surface area contributed by atoms with Crippen LogP contribution in [-0.4, -0.2) is 11.4 Å². The van der Waals surface area contributed by atoms with Crippen molar-refractivity contribution in [2.75, 3.05) is 0 Å². The third-order valence-electron chi connectivity index (χ3n) is 3.43. The highest BCUT2D eigenvalue weighted by atomic mass is 16.2. The Labute approximate surface area is 91.9 Å². The van der Waals surface area contributed by atoms with Crippen LogP contribution in [-0.2, 0) is 4.79 Å². The van der Waals surface area contributed by atoms with Gasteiger partial charge in [0, 0.05) is 5.54 Å². The van der Waals surface area contributed by atoms with Gasteiger partial charge in [0.15, 0.2) is 0 Å². The Balaban J connectivity index is 2.50. The summed E-state index contributed by atoms with van der Waals surface area (Å²) in [5, 5.41) is 11.9. The molecule has 0 spiro atoms. The number of nitriles is 1. The lowest BCUT2D eigenvalue weighted by Crippen LogP contribution is -2.54. The number of nitrogens with zero attached hydrogens (tertiary/aromatic N) is 1. The molecule has 1 amide bonds. The van der Waals surface area contributed by atoms with E-state index in [1.807, 2.05) is 6.92 Å². The van der Waals surface area contributed by atoms with Gasteiger partial charge in [-0.05, 0) is 32.1 Å². The molecule has 1 N–H and O–H groups in total. The summed E-state index contributed by atoms with van der Waals surface area (Å²) in [7, 11) is 0. The maximum Gasteiger partial charge on any atom is 0.237 e. The van der Waals surface area contributed by atoms with Gasteiger partial charge < -0.3 is 5.32 Å². The molecule has 0 aromatic heterocycles. The van der Waals surface area contributed by atoms with Crippen molar-refractivity contribution < 1.29 is 4.79 Å². The molecular formula is C12H20N2O. The number of hydrogen-bond donors (Lipinski definition) is 1. The quantitative estimate of drug-likeness (QED) is 0.754.